The second-order valence-corrected chi connectivity index (χ2v) is 3.55. The van der Waals surface area contributed by atoms with Crippen LogP contribution >= 0.6 is 0 Å². The molecule has 4 nitrogen and oxygen atoms in total. The first-order valence-electron chi connectivity index (χ1n) is 4.61. The van der Waals surface area contributed by atoms with Gasteiger partial charge < -0.3 is 15.7 Å². The van der Waals surface area contributed by atoms with Crippen LogP contribution in [0.4, 0.5) is 24.5 Å². The zero-order valence-electron chi connectivity index (χ0n) is 8.95. The van der Waals surface area contributed by atoms with Gasteiger partial charge in [0.1, 0.15) is 6.54 Å². The number of benzene rings is 1. The van der Waals surface area contributed by atoms with E-state index in [4.69, 9.17) is 10.8 Å². The maximum atomic E-state index is 12.1. The van der Waals surface area contributed by atoms with E-state index in [-0.39, 0.29) is 16.9 Å². The number of aromatic carboxylic acids is 1. The van der Waals surface area contributed by atoms with Gasteiger partial charge in [0.25, 0.3) is 0 Å². The standard InChI is InChI=1S/C10H11F3N2O2/c1-15(5-10(11,12)13)6-2-3-7(9(16)17)8(14)4-6/h2-4H,5,14H2,1H3,(H,16,17). The molecular formula is C10H11F3N2O2. The SMILES string of the molecule is CN(CC(F)(F)F)c1ccc(C(=O)O)c(N)c1. The molecule has 0 atom stereocenters. The van der Waals surface area contributed by atoms with Crippen molar-refractivity contribution in [1.82, 2.24) is 0 Å². The van der Waals surface area contributed by atoms with Gasteiger partial charge in [-0.3, -0.25) is 0 Å². The summed E-state index contributed by atoms with van der Waals surface area (Å²) in [5.41, 5.74) is 5.45. The van der Waals surface area contributed by atoms with Crippen molar-refractivity contribution in [3.05, 3.63) is 23.8 Å². The Morgan fingerprint density at radius 2 is 2.06 bits per heavy atom. The van der Waals surface area contributed by atoms with Crippen molar-refractivity contribution in [3.8, 4) is 0 Å². The molecular weight excluding hydrogens is 237 g/mol. The Morgan fingerprint density at radius 1 is 1.47 bits per heavy atom. The largest absolute Gasteiger partial charge is 0.478 e. The van der Waals surface area contributed by atoms with E-state index in [2.05, 4.69) is 0 Å². The Bertz CT molecular complexity index is 432. The Balaban J connectivity index is 2.94. The fourth-order valence-electron chi connectivity index (χ4n) is 1.34. The molecule has 0 aliphatic carbocycles. The van der Waals surface area contributed by atoms with Crippen LogP contribution in [0.2, 0.25) is 0 Å². The molecule has 1 aromatic carbocycles. The van der Waals surface area contributed by atoms with E-state index in [0.717, 1.165) is 4.90 Å². The van der Waals surface area contributed by atoms with Crippen LogP contribution in [0.5, 0.6) is 0 Å². The van der Waals surface area contributed by atoms with Crippen molar-refractivity contribution >= 4 is 17.3 Å². The number of nitrogens with zero attached hydrogens (tertiary/aromatic N) is 1. The van der Waals surface area contributed by atoms with E-state index in [1.807, 2.05) is 0 Å². The third-order valence-corrected chi connectivity index (χ3v) is 2.12. The Hall–Kier alpha value is -1.92. The lowest BCUT2D eigenvalue weighted by Crippen LogP contribution is -2.30. The summed E-state index contributed by atoms with van der Waals surface area (Å²) in [5, 5.41) is 8.71. The Kier molecular flexibility index (Phi) is 3.50. The van der Waals surface area contributed by atoms with Crippen LogP contribution in [0.25, 0.3) is 0 Å². The maximum Gasteiger partial charge on any atom is 0.405 e. The van der Waals surface area contributed by atoms with E-state index in [1.165, 1.54) is 25.2 Å². The van der Waals surface area contributed by atoms with Crippen LogP contribution in [0.3, 0.4) is 0 Å². The van der Waals surface area contributed by atoms with Crippen LogP contribution < -0.4 is 10.6 Å². The monoisotopic (exact) mass is 248 g/mol. The highest BCUT2D eigenvalue weighted by atomic mass is 19.4. The molecule has 0 aliphatic heterocycles. The fraction of sp³-hybridized carbons (Fsp3) is 0.300. The van der Waals surface area contributed by atoms with Gasteiger partial charge in [-0.1, -0.05) is 0 Å². The van der Waals surface area contributed by atoms with E-state index in [0.29, 0.717) is 0 Å². The van der Waals surface area contributed by atoms with Crippen molar-refractivity contribution in [3.63, 3.8) is 0 Å². The smallest absolute Gasteiger partial charge is 0.405 e. The van der Waals surface area contributed by atoms with Crippen molar-refractivity contribution in [1.29, 1.82) is 0 Å². The molecule has 0 saturated heterocycles. The van der Waals surface area contributed by atoms with E-state index < -0.39 is 18.7 Å². The van der Waals surface area contributed by atoms with Crippen LogP contribution in [-0.4, -0.2) is 30.8 Å². The highest BCUT2D eigenvalue weighted by Crippen LogP contribution is 2.24. The number of hydrogen-bond acceptors (Lipinski definition) is 3. The number of nitrogen functional groups attached to an aromatic ring is 1. The van der Waals surface area contributed by atoms with Gasteiger partial charge in [0.15, 0.2) is 0 Å². The highest BCUT2D eigenvalue weighted by molar-refractivity contribution is 5.94. The lowest BCUT2D eigenvalue weighted by Gasteiger charge is -2.21. The molecule has 0 heterocycles. The molecule has 0 amide bonds. The molecule has 94 valence electrons. The molecule has 0 bridgehead atoms. The van der Waals surface area contributed by atoms with Gasteiger partial charge in [0.2, 0.25) is 0 Å². The van der Waals surface area contributed by atoms with Gasteiger partial charge in [-0.2, -0.15) is 13.2 Å². The number of anilines is 2. The minimum Gasteiger partial charge on any atom is -0.478 e. The molecule has 17 heavy (non-hydrogen) atoms. The van der Waals surface area contributed by atoms with Gasteiger partial charge in [-0.25, -0.2) is 4.79 Å². The number of rotatable bonds is 3. The summed E-state index contributed by atoms with van der Waals surface area (Å²) < 4.78 is 36.4. The number of nitrogens with two attached hydrogens (primary N) is 1. The third-order valence-electron chi connectivity index (χ3n) is 2.12. The summed E-state index contributed by atoms with van der Waals surface area (Å²) in [6, 6.07) is 3.67. The Labute approximate surface area is 95.4 Å². The lowest BCUT2D eigenvalue weighted by atomic mass is 10.1. The van der Waals surface area contributed by atoms with Crippen LogP contribution in [0.1, 0.15) is 10.4 Å². The zero-order valence-corrected chi connectivity index (χ0v) is 8.95. The number of hydrogen-bond donors (Lipinski definition) is 2. The second-order valence-electron chi connectivity index (χ2n) is 3.55. The van der Waals surface area contributed by atoms with Crippen LogP contribution in [0, 0.1) is 0 Å². The summed E-state index contributed by atoms with van der Waals surface area (Å²) >= 11 is 0. The average Bonchev–Trinajstić information content (AvgIpc) is 2.14. The minimum absolute atomic E-state index is 0.0657. The molecule has 0 saturated carbocycles. The molecule has 1 rings (SSSR count). The average molecular weight is 248 g/mol. The molecule has 0 spiro atoms. The van der Waals surface area contributed by atoms with E-state index in [9.17, 15) is 18.0 Å². The topological polar surface area (TPSA) is 66.6 Å². The summed E-state index contributed by atoms with van der Waals surface area (Å²) in [4.78, 5) is 11.6. The number of alkyl halides is 3. The molecule has 0 aromatic heterocycles. The van der Waals surface area contributed by atoms with Crippen LogP contribution in [0.15, 0.2) is 18.2 Å². The first-order valence-corrected chi connectivity index (χ1v) is 4.61. The molecule has 0 radical (unpaired) electrons. The van der Waals surface area contributed by atoms with Gasteiger partial charge in [-0.15, -0.1) is 0 Å². The maximum absolute atomic E-state index is 12.1. The third kappa shape index (κ3) is 3.54. The first kappa shape index (κ1) is 13.1. The summed E-state index contributed by atoms with van der Waals surface area (Å²) in [7, 11) is 1.25. The quantitative estimate of drug-likeness (QED) is 0.802. The van der Waals surface area contributed by atoms with Crippen molar-refractivity contribution in [2.75, 3.05) is 24.2 Å². The summed E-state index contributed by atoms with van der Waals surface area (Å²) in [6.45, 7) is -1.13. The highest BCUT2D eigenvalue weighted by Gasteiger charge is 2.29. The van der Waals surface area contributed by atoms with Crippen molar-refractivity contribution < 1.29 is 23.1 Å². The van der Waals surface area contributed by atoms with Crippen LogP contribution in [-0.2, 0) is 0 Å². The molecule has 7 heteroatoms. The van der Waals surface area contributed by atoms with Gasteiger partial charge in [-0.05, 0) is 18.2 Å². The van der Waals surface area contributed by atoms with Gasteiger partial charge in [0, 0.05) is 18.4 Å². The van der Waals surface area contributed by atoms with E-state index in [1.54, 1.807) is 0 Å². The number of carboxylic acid groups (broad SMARTS) is 1. The second kappa shape index (κ2) is 4.52. The minimum atomic E-state index is -4.32. The van der Waals surface area contributed by atoms with Crippen molar-refractivity contribution in [2.45, 2.75) is 6.18 Å². The molecule has 0 aliphatic rings. The van der Waals surface area contributed by atoms with Crippen molar-refractivity contribution in [2.24, 2.45) is 0 Å². The first-order chi connectivity index (χ1) is 7.70. The molecule has 1 aromatic rings. The normalized spacial score (nSPS) is 11.3. The lowest BCUT2D eigenvalue weighted by molar-refractivity contribution is -0.119. The Morgan fingerprint density at radius 3 is 2.47 bits per heavy atom. The van der Waals surface area contributed by atoms with Gasteiger partial charge >= 0.3 is 12.1 Å². The number of halogens is 3. The predicted octanol–water partition coefficient (Wildman–Crippen LogP) is 1.97. The molecule has 0 unspecified atom stereocenters. The van der Waals surface area contributed by atoms with E-state index >= 15 is 0 Å². The summed E-state index contributed by atoms with van der Waals surface area (Å²) in [5.74, 6) is -1.22. The number of carbonyl (C=O) groups is 1. The predicted molar refractivity (Wildman–Crippen MR) is 57.1 cm³/mol. The zero-order chi connectivity index (χ0) is 13.2. The number of carboxylic acids is 1. The molecule has 3 N–H and O–H groups in total. The van der Waals surface area contributed by atoms with Gasteiger partial charge in [0.05, 0.1) is 5.56 Å². The molecule has 0 fully saturated rings. The fourth-order valence-corrected chi connectivity index (χ4v) is 1.34. The summed E-state index contributed by atoms with van der Waals surface area (Å²) in [6.07, 6.45) is -4.32.